The van der Waals surface area contributed by atoms with Crippen molar-refractivity contribution in [2.45, 2.75) is 45.4 Å². The van der Waals surface area contributed by atoms with Gasteiger partial charge in [0.1, 0.15) is 11.5 Å². The fraction of sp³-hybridized carbons (Fsp3) is 0.391. The number of ether oxygens (including phenoxy) is 2. The maximum absolute atomic E-state index is 11.2. The number of halogens is 2. The molecule has 29 heavy (non-hydrogen) atoms. The van der Waals surface area contributed by atoms with Gasteiger partial charge in [0.25, 0.3) is 0 Å². The molecule has 1 atom stereocenters. The van der Waals surface area contributed by atoms with Crippen LogP contribution in [0.2, 0.25) is 0 Å². The van der Waals surface area contributed by atoms with Crippen molar-refractivity contribution in [1.82, 2.24) is 0 Å². The van der Waals surface area contributed by atoms with Crippen molar-refractivity contribution in [1.29, 1.82) is 0 Å². The van der Waals surface area contributed by atoms with Gasteiger partial charge in [-0.3, -0.25) is 0 Å². The predicted octanol–water partition coefficient (Wildman–Crippen LogP) is 7.69. The lowest BCUT2D eigenvalue weighted by atomic mass is 9.55. The SMILES string of the molecule is CC1CC(C)(C)CC(c2ccc(OC(=O)I)cc2)(c2ccc(OC(=O)I)cc2)C1. The van der Waals surface area contributed by atoms with E-state index in [1.54, 1.807) is 45.2 Å². The Morgan fingerprint density at radius 3 is 1.59 bits per heavy atom. The molecule has 0 heterocycles. The predicted molar refractivity (Wildman–Crippen MR) is 131 cm³/mol. The summed E-state index contributed by atoms with van der Waals surface area (Å²) in [6, 6.07) is 15.8. The molecule has 1 aliphatic rings. The average Bonchev–Trinajstić information content (AvgIpc) is 2.60. The van der Waals surface area contributed by atoms with Crippen LogP contribution in [0.25, 0.3) is 0 Å². The molecule has 6 heteroatoms. The number of hydrogen-bond acceptors (Lipinski definition) is 4. The maximum atomic E-state index is 11.2. The van der Waals surface area contributed by atoms with E-state index < -0.39 is 0 Å². The molecule has 0 N–H and O–H groups in total. The van der Waals surface area contributed by atoms with Crippen LogP contribution in [0.1, 0.15) is 51.2 Å². The Labute approximate surface area is 199 Å². The van der Waals surface area contributed by atoms with Gasteiger partial charge in [0.2, 0.25) is 0 Å². The Morgan fingerprint density at radius 1 is 0.828 bits per heavy atom. The summed E-state index contributed by atoms with van der Waals surface area (Å²) in [6.07, 6.45) is 3.23. The van der Waals surface area contributed by atoms with Gasteiger partial charge in [-0.15, -0.1) is 0 Å². The lowest BCUT2D eigenvalue weighted by Gasteiger charge is -2.48. The average molecular weight is 618 g/mol. The normalized spacial score (nSPS) is 20.0. The van der Waals surface area contributed by atoms with Crippen LogP contribution >= 0.6 is 45.2 Å². The van der Waals surface area contributed by atoms with E-state index in [0.29, 0.717) is 17.4 Å². The van der Waals surface area contributed by atoms with Crippen LogP contribution in [0.15, 0.2) is 48.5 Å². The molecule has 4 nitrogen and oxygen atoms in total. The molecule has 0 bridgehead atoms. The molecule has 1 unspecified atom stereocenters. The molecule has 0 amide bonds. The zero-order valence-corrected chi connectivity index (χ0v) is 21.0. The van der Waals surface area contributed by atoms with Gasteiger partial charge < -0.3 is 9.47 Å². The van der Waals surface area contributed by atoms with Crippen LogP contribution in [0.5, 0.6) is 11.5 Å². The largest absolute Gasteiger partial charge is 0.419 e. The summed E-state index contributed by atoms with van der Waals surface area (Å²) >= 11 is 3.26. The number of rotatable bonds is 4. The molecule has 2 aromatic carbocycles. The molecule has 1 saturated carbocycles. The summed E-state index contributed by atoms with van der Waals surface area (Å²) in [7, 11) is 0. The molecule has 0 radical (unpaired) electrons. The Morgan fingerprint density at radius 2 is 1.24 bits per heavy atom. The fourth-order valence-electron chi connectivity index (χ4n) is 5.05. The highest BCUT2D eigenvalue weighted by molar-refractivity contribution is 14.1. The summed E-state index contributed by atoms with van der Waals surface area (Å²) in [5, 5.41) is 0. The second kappa shape index (κ2) is 8.91. The molecule has 1 aliphatic carbocycles. The Balaban J connectivity index is 2.05. The zero-order valence-electron chi connectivity index (χ0n) is 16.7. The van der Waals surface area contributed by atoms with Gasteiger partial charge in [-0.25, -0.2) is 9.59 Å². The maximum Gasteiger partial charge on any atom is 0.372 e. The first-order chi connectivity index (χ1) is 13.6. The van der Waals surface area contributed by atoms with Crippen molar-refractivity contribution in [2.75, 3.05) is 0 Å². The monoisotopic (exact) mass is 618 g/mol. The van der Waals surface area contributed by atoms with Crippen LogP contribution in [0.4, 0.5) is 9.59 Å². The van der Waals surface area contributed by atoms with Crippen molar-refractivity contribution in [3.63, 3.8) is 0 Å². The smallest absolute Gasteiger partial charge is 0.372 e. The number of carbonyl (C=O) groups is 2. The van der Waals surface area contributed by atoms with Crippen LogP contribution < -0.4 is 9.47 Å². The van der Waals surface area contributed by atoms with E-state index in [4.69, 9.17) is 9.47 Å². The van der Waals surface area contributed by atoms with Gasteiger partial charge in [-0.05, 0) is 66.0 Å². The molecular weight excluding hydrogens is 594 g/mol. The van der Waals surface area contributed by atoms with Crippen LogP contribution in [0.3, 0.4) is 0 Å². The van der Waals surface area contributed by atoms with Crippen molar-refractivity contribution in [2.24, 2.45) is 11.3 Å². The van der Waals surface area contributed by atoms with Crippen LogP contribution in [0, 0.1) is 11.3 Å². The van der Waals surface area contributed by atoms with Gasteiger partial charge in [0, 0.05) is 5.41 Å². The van der Waals surface area contributed by atoms with Crippen molar-refractivity contribution >= 4 is 53.1 Å². The van der Waals surface area contributed by atoms with Gasteiger partial charge in [0.15, 0.2) is 0 Å². The van der Waals surface area contributed by atoms with Gasteiger partial charge in [-0.1, -0.05) is 45.0 Å². The summed E-state index contributed by atoms with van der Waals surface area (Å²) in [4.78, 5) is 22.5. The first kappa shape index (κ1) is 22.5. The molecule has 1 fully saturated rings. The van der Waals surface area contributed by atoms with Crippen molar-refractivity contribution in [3.8, 4) is 11.5 Å². The molecule has 0 aliphatic heterocycles. The third-order valence-electron chi connectivity index (χ3n) is 5.59. The Hall–Kier alpha value is -1.16. The Kier molecular flexibility index (Phi) is 6.92. The topological polar surface area (TPSA) is 52.6 Å². The second-order valence-corrected chi connectivity index (χ2v) is 10.4. The minimum atomic E-state index is -0.349. The van der Waals surface area contributed by atoms with E-state index in [9.17, 15) is 9.59 Å². The highest BCUT2D eigenvalue weighted by atomic mass is 127. The number of carbonyl (C=O) groups excluding carboxylic acids is 2. The van der Waals surface area contributed by atoms with Gasteiger partial charge in [-0.2, -0.15) is 0 Å². The molecule has 0 aromatic heterocycles. The van der Waals surface area contributed by atoms with E-state index in [0.717, 1.165) is 12.8 Å². The quantitative estimate of drug-likeness (QED) is 0.261. The van der Waals surface area contributed by atoms with Crippen LogP contribution in [-0.4, -0.2) is 7.95 Å². The third-order valence-corrected chi connectivity index (χ3v) is 6.03. The highest BCUT2D eigenvalue weighted by Gasteiger charge is 2.45. The first-order valence-corrected chi connectivity index (χ1v) is 11.7. The fourth-order valence-corrected chi connectivity index (χ4v) is 5.56. The summed E-state index contributed by atoms with van der Waals surface area (Å²) < 4.78 is 9.72. The van der Waals surface area contributed by atoms with Crippen molar-refractivity contribution in [3.05, 3.63) is 59.7 Å². The zero-order chi connectivity index (χ0) is 21.2. The van der Waals surface area contributed by atoms with E-state index in [-0.39, 0.29) is 18.8 Å². The van der Waals surface area contributed by atoms with E-state index in [1.807, 2.05) is 24.3 Å². The highest BCUT2D eigenvalue weighted by Crippen LogP contribution is 2.53. The minimum absolute atomic E-state index is 0.152. The van der Waals surface area contributed by atoms with Gasteiger partial charge in [0.05, 0.1) is 45.2 Å². The summed E-state index contributed by atoms with van der Waals surface area (Å²) in [6.45, 7) is 6.97. The van der Waals surface area contributed by atoms with Crippen molar-refractivity contribution < 1.29 is 19.1 Å². The third kappa shape index (κ3) is 5.51. The van der Waals surface area contributed by atoms with Crippen LogP contribution in [-0.2, 0) is 5.41 Å². The summed E-state index contributed by atoms with van der Waals surface area (Å²) in [5.41, 5.74) is 2.47. The molecule has 0 saturated heterocycles. The molecule has 2 aromatic rings. The first-order valence-electron chi connectivity index (χ1n) is 9.55. The second-order valence-electron chi connectivity index (χ2n) is 8.66. The van der Waals surface area contributed by atoms with Gasteiger partial charge >= 0.3 is 7.95 Å². The van der Waals surface area contributed by atoms with E-state index in [1.165, 1.54) is 17.5 Å². The summed E-state index contributed by atoms with van der Waals surface area (Å²) in [5.74, 6) is 1.67. The lowest BCUT2D eigenvalue weighted by Crippen LogP contribution is -2.41. The Bertz CT molecular complexity index is 829. The minimum Gasteiger partial charge on any atom is -0.419 e. The number of benzene rings is 2. The molecule has 0 spiro atoms. The molecule has 154 valence electrons. The van der Waals surface area contributed by atoms with E-state index >= 15 is 0 Å². The molecule has 3 rings (SSSR count). The lowest BCUT2D eigenvalue weighted by molar-refractivity contribution is 0.127. The van der Waals surface area contributed by atoms with E-state index in [2.05, 4.69) is 45.0 Å². The number of hydrogen-bond donors (Lipinski definition) is 0. The standard InChI is InChI=1S/C23H24I2O4/c1-15-12-22(2,3)14-23(13-15,16-4-8-18(9-5-16)28-20(24)26)17-6-10-19(11-7-17)29-21(25)27/h4-11,15H,12-14H2,1-3H3. The molecular formula is C23H24I2O4.